The molecule has 1 saturated heterocycles. The molecule has 3 aliphatic heterocycles. The Bertz CT molecular complexity index is 1490. The first-order valence-corrected chi connectivity index (χ1v) is 15.0. The molecule has 0 radical (unpaired) electrons. The zero-order valence-electron chi connectivity index (χ0n) is 21.0. The number of fused-ring (bicyclic) bond motifs is 6. The Kier molecular flexibility index (Phi) is 6.77. The number of rotatable bonds is 7. The fourth-order valence-electron chi connectivity index (χ4n) is 5.17. The van der Waals surface area contributed by atoms with Crippen LogP contribution in [-0.2, 0) is 15.1 Å². The second kappa shape index (κ2) is 10.3. The highest BCUT2D eigenvalue weighted by molar-refractivity contribution is 8.77. The maximum absolute atomic E-state index is 13.3. The van der Waals surface area contributed by atoms with E-state index in [1.165, 1.54) is 36.4 Å². The normalized spacial score (nSPS) is 17.4. The van der Waals surface area contributed by atoms with E-state index in [1.807, 2.05) is 0 Å². The van der Waals surface area contributed by atoms with Gasteiger partial charge in [-0.3, -0.25) is 9.59 Å². The predicted molar refractivity (Wildman–Crippen MR) is 150 cm³/mol. The monoisotopic (exact) mass is 579 g/mol. The Morgan fingerprint density at radius 2 is 1.60 bits per heavy atom. The molecule has 12 heteroatoms. The summed E-state index contributed by atoms with van der Waals surface area (Å²) in [5.74, 6) is 0.101. The van der Waals surface area contributed by atoms with Gasteiger partial charge in [0.2, 0.25) is 5.91 Å². The number of esters is 1. The summed E-state index contributed by atoms with van der Waals surface area (Å²) >= 11 is 0. The van der Waals surface area contributed by atoms with Crippen molar-refractivity contribution in [1.29, 1.82) is 0 Å². The van der Waals surface area contributed by atoms with Crippen molar-refractivity contribution in [3.63, 3.8) is 0 Å². The molecule has 3 aromatic rings. The lowest BCUT2D eigenvalue weighted by Crippen LogP contribution is -2.44. The summed E-state index contributed by atoms with van der Waals surface area (Å²) in [6, 6.07) is 13.8. The highest BCUT2D eigenvalue weighted by atomic mass is 33.1. The number of aromatic hydroxyl groups is 2. The lowest BCUT2D eigenvalue weighted by molar-refractivity contribution is -0.121. The third kappa shape index (κ3) is 4.51. The summed E-state index contributed by atoms with van der Waals surface area (Å²) in [4.78, 5) is 38.4. The molecule has 6 rings (SSSR count). The molecule has 6 N–H and O–H groups in total. The number of hydrogen-bond donors (Lipinski definition) is 5. The van der Waals surface area contributed by atoms with E-state index in [9.17, 15) is 24.6 Å². The summed E-state index contributed by atoms with van der Waals surface area (Å²) < 4.78 is 12.0. The molecule has 10 nitrogen and oxygen atoms in total. The van der Waals surface area contributed by atoms with Gasteiger partial charge in [0, 0.05) is 65.0 Å². The van der Waals surface area contributed by atoms with Crippen LogP contribution < -0.4 is 21.1 Å². The van der Waals surface area contributed by atoms with Crippen LogP contribution in [0.25, 0.3) is 0 Å². The number of hydrogen-bond acceptors (Lipinski definition) is 10. The predicted octanol–water partition coefficient (Wildman–Crippen LogP) is 2.85. The fraction of sp³-hybridized carbons (Fsp3) is 0.250. The van der Waals surface area contributed by atoms with Crippen LogP contribution in [0.5, 0.6) is 23.0 Å². The van der Waals surface area contributed by atoms with Gasteiger partial charge in [-0.2, -0.15) is 0 Å². The summed E-state index contributed by atoms with van der Waals surface area (Å²) in [6.07, 6.45) is 0. The lowest BCUT2D eigenvalue weighted by atomic mass is 9.77. The minimum Gasteiger partial charge on any atom is -0.508 e. The third-order valence-electron chi connectivity index (χ3n) is 7.22. The molecule has 206 valence electrons. The third-order valence-corrected chi connectivity index (χ3v) is 9.78. The molecule has 0 unspecified atom stereocenters. The lowest BCUT2D eigenvalue weighted by Gasteiger charge is -2.36. The van der Waals surface area contributed by atoms with E-state index >= 15 is 0 Å². The fourth-order valence-corrected chi connectivity index (χ4v) is 7.87. The van der Waals surface area contributed by atoms with Crippen LogP contribution >= 0.6 is 21.6 Å². The average molecular weight is 580 g/mol. The highest BCUT2D eigenvalue weighted by Crippen LogP contribution is 2.57. The topological polar surface area (TPSA) is 160 Å². The van der Waals surface area contributed by atoms with Crippen LogP contribution in [0.1, 0.15) is 37.4 Å². The molecule has 1 fully saturated rings. The number of phenols is 2. The number of nitrogens with one attached hydrogen (secondary N) is 2. The van der Waals surface area contributed by atoms with Crippen molar-refractivity contribution in [2.45, 2.75) is 11.6 Å². The van der Waals surface area contributed by atoms with Gasteiger partial charge in [0.15, 0.2) is 5.60 Å². The van der Waals surface area contributed by atoms with Gasteiger partial charge in [-0.05, 0) is 42.5 Å². The van der Waals surface area contributed by atoms with Crippen LogP contribution in [0.3, 0.4) is 0 Å². The molecule has 1 spiro atoms. The summed E-state index contributed by atoms with van der Waals surface area (Å²) in [5.41, 5.74) is 5.96. The molecule has 3 aromatic carbocycles. The largest absolute Gasteiger partial charge is 0.508 e. The van der Waals surface area contributed by atoms with Gasteiger partial charge in [-0.1, -0.05) is 21.6 Å². The van der Waals surface area contributed by atoms with Crippen molar-refractivity contribution >= 4 is 39.4 Å². The molecular formula is C28H25N3O7S2. The van der Waals surface area contributed by atoms with Gasteiger partial charge in [-0.25, -0.2) is 4.79 Å². The van der Waals surface area contributed by atoms with Gasteiger partial charge in [0.05, 0.1) is 11.5 Å². The molecule has 2 amide bonds. The molecule has 0 bridgehead atoms. The van der Waals surface area contributed by atoms with Crippen LogP contribution in [0.4, 0.5) is 0 Å². The van der Waals surface area contributed by atoms with Gasteiger partial charge >= 0.3 is 5.97 Å². The van der Waals surface area contributed by atoms with Crippen LogP contribution in [-0.4, -0.2) is 58.6 Å². The van der Waals surface area contributed by atoms with E-state index in [4.69, 9.17) is 15.2 Å². The summed E-state index contributed by atoms with van der Waals surface area (Å²) in [6.45, 7) is 0.397. The first-order valence-electron chi connectivity index (χ1n) is 12.5. The molecule has 0 aliphatic carbocycles. The summed E-state index contributed by atoms with van der Waals surface area (Å²) in [5, 5.41) is 26.3. The van der Waals surface area contributed by atoms with Gasteiger partial charge < -0.3 is 36.1 Å². The summed E-state index contributed by atoms with van der Waals surface area (Å²) in [7, 11) is 3.54. The van der Waals surface area contributed by atoms with Crippen LogP contribution in [0, 0.1) is 5.92 Å². The zero-order chi connectivity index (χ0) is 28.0. The Morgan fingerprint density at radius 1 is 0.950 bits per heavy atom. The SMILES string of the molecule is NC(=O)[C@H](CNC(=O)c1ccc2c(c1)C1(OC2=O)c2ccc(O)cc2Oc2cc(O)ccc21)CNC1CSSC1. The second-order valence-corrected chi connectivity index (χ2v) is 12.3. The Hall–Kier alpha value is -3.87. The first-order chi connectivity index (χ1) is 19.3. The van der Waals surface area contributed by atoms with Crippen LogP contribution in [0.15, 0.2) is 54.6 Å². The van der Waals surface area contributed by atoms with E-state index in [2.05, 4.69) is 10.6 Å². The molecule has 3 heterocycles. The number of carbonyl (C=O) groups is 3. The number of nitrogens with two attached hydrogens (primary N) is 1. The van der Waals surface area contributed by atoms with E-state index in [1.54, 1.807) is 39.8 Å². The maximum atomic E-state index is 13.3. The number of phenolic OH excluding ortho intramolecular Hbond substituents is 2. The van der Waals surface area contributed by atoms with E-state index < -0.39 is 29.3 Å². The Morgan fingerprint density at radius 3 is 2.23 bits per heavy atom. The molecule has 3 aliphatic rings. The number of primary amides is 1. The van der Waals surface area contributed by atoms with E-state index in [-0.39, 0.29) is 46.7 Å². The first kappa shape index (κ1) is 26.4. The standard InChI is InChI=1S/C28H25N3O7S2/c29-25(34)15(10-30-16-12-39-40-13-16)11-31-26(35)14-1-4-19-22(7-14)28(38-27(19)36)20-5-2-17(32)8-23(20)37-24-9-18(33)3-6-21(24)28/h1-9,15-16,30,32-33H,10-13H2,(H2,29,34)(H,31,35)/t15-/m0/s1. The van der Waals surface area contributed by atoms with Gasteiger partial charge in [0.25, 0.3) is 5.91 Å². The highest BCUT2D eigenvalue weighted by Gasteiger charge is 2.54. The van der Waals surface area contributed by atoms with Crippen molar-refractivity contribution in [3.8, 4) is 23.0 Å². The second-order valence-electron chi connectivity index (χ2n) is 9.78. The van der Waals surface area contributed by atoms with E-state index in [0.29, 0.717) is 23.2 Å². The number of ether oxygens (including phenoxy) is 2. The number of carbonyl (C=O) groups excluding carboxylic acids is 3. The quantitative estimate of drug-likeness (QED) is 0.208. The Labute approximate surface area is 237 Å². The van der Waals surface area contributed by atoms with Crippen LogP contribution in [0.2, 0.25) is 0 Å². The number of benzene rings is 3. The van der Waals surface area contributed by atoms with Crippen molar-refractivity contribution in [2.75, 3.05) is 24.6 Å². The van der Waals surface area contributed by atoms with Crippen molar-refractivity contribution in [1.82, 2.24) is 10.6 Å². The van der Waals surface area contributed by atoms with Gasteiger partial charge in [0.1, 0.15) is 23.0 Å². The molecule has 40 heavy (non-hydrogen) atoms. The maximum Gasteiger partial charge on any atom is 0.340 e. The van der Waals surface area contributed by atoms with E-state index in [0.717, 1.165) is 11.5 Å². The van der Waals surface area contributed by atoms with Crippen molar-refractivity contribution in [3.05, 3.63) is 82.4 Å². The van der Waals surface area contributed by atoms with Crippen molar-refractivity contribution in [2.24, 2.45) is 11.7 Å². The minimum absolute atomic E-state index is 0.0455. The molecule has 1 atom stereocenters. The average Bonchev–Trinajstić information content (AvgIpc) is 3.54. The molecule has 0 aromatic heterocycles. The molecular weight excluding hydrogens is 554 g/mol. The zero-order valence-corrected chi connectivity index (χ0v) is 22.6. The minimum atomic E-state index is -1.48. The molecule has 0 saturated carbocycles. The van der Waals surface area contributed by atoms with Gasteiger partial charge in [-0.15, -0.1) is 0 Å². The number of amides is 2. The smallest absolute Gasteiger partial charge is 0.340 e. The Balaban J connectivity index is 1.33. The van der Waals surface area contributed by atoms with Crippen molar-refractivity contribution < 1.29 is 34.1 Å².